The Morgan fingerprint density at radius 1 is 1.26 bits per heavy atom. The van der Waals surface area contributed by atoms with E-state index in [4.69, 9.17) is 0 Å². The first kappa shape index (κ1) is 13.8. The first-order chi connectivity index (χ1) is 11.2. The number of nitrogens with zero attached hydrogens (tertiary/aromatic N) is 6. The molecule has 7 nitrogen and oxygen atoms in total. The van der Waals surface area contributed by atoms with Crippen molar-refractivity contribution in [3.63, 3.8) is 0 Å². The second-order valence-corrected chi connectivity index (χ2v) is 5.88. The van der Waals surface area contributed by atoms with Gasteiger partial charge in [0.25, 0.3) is 0 Å². The van der Waals surface area contributed by atoms with Gasteiger partial charge >= 0.3 is 0 Å². The Labute approximate surface area is 134 Å². The fraction of sp³-hybridized carbons (Fsp3) is 0.143. The summed E-state index contributed by atoms with van der Waals surface area (Å²) in [5.41, 5.74) is 1.63. The molecule has 23 heavy (non-hydrogen) atoms. The SMILES string of the molecule is Cn1ncnc1CNc1nn2cc(-c3ccc(F)cc3)nc2s1. The van der Waals surface area contributed by atoms with Crippen LogP contribution in [0.4, 0.5) is 9.52 Å². The molecule has 0 aliphatic carbocycles. The van der Waals surface area contributed by atoms with E-state index < -0.39 is 0 Å². The molecule has 116 valence electrons. The second kappa shape index (κ2) is 5.43. The first-order valence-corrected chi connectivity index (χ1v) is 7.69. The Morgan fingerprint density at radius 2 is 2.09 bits per heavy atom. The number of fused-ring (bicyclic) bond motifs is 1. The lowest BCUT2D eigenvalue weighted by Gasteiger charge is -2.00. The van der Waals surface area contributed by atoms with Crippen LogP contribution in [0.25, 0.3) is 16.2 Å². The van der Waals surface area contributed by atoms with Crippen molar-refractivity contribution in [2.24, 2.45) is 7.05 Å². The molecule has 0 fully saturated rings. The van der Waals surface area contributed by atoms with E-state index in [-0.39, 0.29) is 5.82 Å². The smallest absolute Gasteiger partial charge is 0.214 e. The van der Waals surface area contributed by atoms with E-state index in [2.05, 4.69) is 25.5 Å². The molecule has 0 radical (unpaired) electrons. The molecule has 1 aromatic carbocycles. The topological polar surface area (TPSA) is 72.9 Å². The Morgan fingerprint density at radius 3 is 2.78 bits per heavy atom. The van der Waals surface area contributed by atoms with Crippen LogP contribution in [0.15, 0.2) is 36.8 Å². The van der Waals surface area contributed by atoms with Crippen LogP contribution in [-0.4, -0.2) is 29.4 Å². The van der Waals surface area contributed by atoms with E-state index in [1.165, 1.54) is 29.8 Å². The highest BCUT2D eigenvalue weighted by Gasteiger charge is 2.10. The molecule has 4 aromatic rings. The van der Waals surface area contributed by atoms with Crippen molar-refractivity contribution in [1.82, 2.24) is 29.4 Å². The summed E-state index contributed by atoms with van der Waals surface area (Å²) in [7, 11) is 1.84. The molecular formula is C14H12FN7S. The minimum absolute atomic E-state index is 0.261. The third-order valence-corrected chi connectivity index (χ3v) is 4.27. The van der Waals surface area contributed by atoms with Crippen LogP contribution in [0.5, 0.6) is 0 Å². The number of anilines is 1. The Bertz CT molecular complexity index is 922. The molecule has 0 saturated carbocycles. The monoisotopic (exact) mass is 329 g/mol. The third kappa shape index (κ3) is 2.66. The number of nitrogens with one attached hydrogen (secondary N) is 1. The zero-order valence-corrected chi connectivity index (χ0v) is 13.0. The summed E-state index contributed by atoms with van der Waals surface area (Å²) >= 11 is 1.44. The van der Waals surface area contributed by atoms with Crippen molar-refractivity contribution in [2.45, 2.75) is 6.54 Å². The van der Waals surface area contributed by atoms with E-state index in [0.717, 1.165) is 27.2 Å². The minimum atomic E-state index is -0.261. The highest BCUT2D eigenvalue weighted by molar-refractivity contribution is 7.20. The van der Waals surface area contributed by atoms with Gasteiger partial charge in [0.1, 0.15) is 18.0 Å². The van der Waals surface area contributed by atoms with Crippen LogP contribution < -0.4 is 5.32 Å². The molecule has 0 aliphatic rings. The number of halogens is 1. The van der Waals surface area contributed by atoms with E-state index in [9.17, 15) is 4.39 Å². The van der Waals surface area contributed by atoms with Gasteiger partial charge in [-0.2, -0.15) is 5.10 Å². The Hall–Kier alpha value is -2.81. The van der Waals surface area contributed by atoms with Crippen molar-refractivity contribution >= 4 is 21.4 Å². The standard InChI is InChI=1S/C14H12FN7S/c1-21-12(17-8-18-21)6-16-13-20-22-7-11(19-14(22)23-13)9-2-4-10(15)5-3-9/h2-5,7-8H,6H2,1H3,(H,16,20). The van der Waals surface area contributed by atoms with Crippen molar-refractivity contribution in [1.29, 1.82) is 0 Å². The van der Waals surface area contributed by atoms with Gasteiger partial charge in [0.2, 0.25) is 10.1 Å². The number of hydrogen-bond donors (Lipinski definition) is 1. The number of aromatic nitrogens is 6. The van der Waals surface area contributed by atoms with Crippen LogP contribution in [-0.2, 0) is 13.6 Å². The number of aryl methyl sites for hydroxylation is 1. The summed E-state index contributed by atoms with van der Waals surface area (Å²) in [6, 6.07) is 6.25. The van der Waals surface area contributed by atoms with E-state index in [1.54, 1.807) is 21.3 Å². The van der Waals surface area contributed by atoms with Gasteiger partial charge in [0.15, 0.2) is 0 Å². The predicted molar refractivity (Wildman–Crippen MR) is 84.6 cm³/mol. The van der Waals surface area contributed by atoms with Gasteiger partial charge in [-0.3, -0.25) is 4.68 Å². The molecule has 4 rings (SSSR count). The van der Waals surface area contributed by atoms with E-state index >= 15 is 0 Å². The quantitative estimate of drug-likeness (QED) is 0.622. The van der Waals surface area contributed by atoms with Crippen molar-refractivity contribution in [2.75, 3.05) is 5.32 Å². The molecule has 3 heterocycles. The fourth-order valence-electron chi connectivity index (χ4n) is 2.17. The van der Waals surface area contributed by atoms with Gasteiger partial charge in [-0.05, 0) is 24.3 Å². The zero-order valence-electron chi connectivity index (χ0n) is 12.1. The largest absolute Gasteiger partial charge is 0.353 e. The van der Waals surface area contributed by atoms with Crippen molar-refractivity contribution < 1.29 is 4.39 Å². The molecule has 0 atom stereocenters. The number of hydrogen-bond acceptors (Lipinski definition) is 6. The molecule has 3 aromatic heterocycles. The van der Waals surface area contributed by atoms with Crippen LogP contribution in [0.2, 0.25) is 0 Å². The maximum atomic E-state index is 13.0. The average molecular weight is 329 g/mol. The molecule has 0 aliphatic heterocycles. The summed E-state index contributed by atoms with van der Waals surface area (Å²) < 4.78 is 16.4. The highest BCUT2D eigenvalue weighted by Crippen LogP contribution is 2.24. The van der Waals surface area contributed by atoms with Gasteiger partial charge in [-0.15, -0.1) is 5.10 Å². The van der Waals surface area contributed by atoms with Gasteiger partial charge in [-0.1, -0.05) is 11.3 Å². The summed E-state index contributed by atoms with van der Waals surface area (Å²) in [6.45, 7) is 0.540. The number of rotatable bonds is 4. The van der Waals surface area contributed by atoms with Crippen LogP contribution in [0.1, 0.15) is 5.82 Å². The van der Waals surface area contributed by atoms with E-state index in [1.807, 2.05) is 13.2 Å². The predicted octanol–water partition coefficient (Wildman–Crippen LogP) is 2.34. The molecular weight excluding hydrogens is 317 g/mol. The Balaban J connectivity index is 1.54. The molecule has 0 bridgehead atoms. The van der Waals surface area contributed by atoms with Crippen LogP contribution in [0.3, 0.4) is 0 Å². The maximum Gasteiger partial charge on any atom is 0.214 e. The lowest BCUT2D eigenvalue weighted by atomic mass is 10.2. The van der Waals surface area contributed by atoms with E-state index in [0.29, 0.717) is 6.54 Å². The van der Waals surface area contributed by atoms with Crippen molar-refractivity contribution in [3.8, 4) is 11.3 Å². The molecule has 9 heteroatoms. The number of benzene rings is 1. The van der Waals surface area contributed by atoms with Crippen LogP contribution in [0, 0.1) is 5.82 Å². The second-order valence-electron chi connectivity index (χ2n) is 4.92. The third-order valence-electron chi connectivity index (χ3n) is 3.39. The normalized spacial score (nSPS) is 11.2. The summed E-state index contributed by atoms with van der Waals surface area (Å²) in [5.74, 6) is 0.563. The maximum absolute atomic E-state index is 13.0. The van der Waals surface area contributed by atoms with Crippen LogP contribution >= 0.6 is 11.3 Å². The fourth-order valence-corrected chi connectivity index (χ4v) is 2.94. The van der Waals surface area contributed by atoms with Gasteiger partial charge in [0.05, 0.1) is 18.4 Å². The zero-order chi connectivity index (χ0) is 15.8. The summed E-state index contributed by atoms with van der Waals surface area (Å²) in [4.78, 5) is 9.43. The molecule has 0 unspecified atom stereocenters. The highest BCUT2D eigenvalue weighted by atomic mass is 32.1. The average Bonchev–Trinajstić information content (AvgIpc) is 3.20. The first-order valence-electron chi connectivity index (χ1n) is 6.88. The van der Waals surface area contributed by atoms with Gasteiger partial charge in [-0.25, -0.2) is 18.9 Å². The summed E-state index contributed by atoms with van der Waals surface area (Å²) in [5, 5.41) is 12.4. The van der Waals surface area contributed by atoms with Gasteiger partial charge < -0.3 is 5.32 Å². The Kier molecular flexibility index (Phi) is 3.27. The molecule has 0 spiro atoms. The van der Waals surface area contributed by atoms with Crippen molar-refractivity contribution in [3.05, 3.63) is 48.4 Å². The molecule has 0 saturated heterocycles. The minimum Gasteiger partial charge on any atom is -0.353 e. The summed E-state index contributed by atoms with van der Waals surface area (Å²) in [6.07, 6.45) is 3.34. The molecule has 0 amide bonds. The van der Waals surface area contributed by atoms with Gasteiger partial charge in [0, 0.05) is 12.6 Å². The number of imidazole rings is 1. The lowest BCUT2D eigenvalue weighted by molar-refractivity contribution is 0.628. The lowest BCUT2D eigenvalue weighted by Crippen LogP contribution is -2.06. The molecule has 1 N–H and O–H groups in total.